The van der Waals surface area contributed by atoms with Crippen LogP contribution in [0.4, 0.5) is 0 Å². The minimum absolute atomic E-state index is 0.0648. The Morgan fingerprint density at radius 1 is 1.55 bits per heavy atom. The Balaban J connectivity index is 1.99. The zero-order valence-electron chi connectivity index (χ0n) is 11.4. The summed E-state index contributed by atoms with van der Waals surface area (Å²) < 4.78 is 0.889. The van der Waals surface area contributed by atoms with Crippen LogP contribution in [0, 0.1) is 12.8 Å². The second kappa shape index (κ2) is 6.72. The summed E-state index contributed by atoms with van der Waals surface area (Å²) in [6.45, 7) is 3.42. The molecular weight excluding hydrogens is 342 g/mol. The smallest absolute Gasteiger partial charge is 0.303 e. The van der Waals surface area contributed by atoms with Crippen molar-refractivity contribution < 1.29 is 14.7 Å². The number of halogens is 1. The molecule has 0 aromatic carbocycles. The molecule has 20 heavy (non-hydrogen) atoms. The zero-order valence-corrected chi connectivity index (χ0v) is 13.8. The third kappa shape index (κ3) is 3.61. The first-order chi connectivity index (χ1) is 9.49. The summed E-state index contributed by atoms with van der Waals surface area (Å²) in [6, 6.07) is 0. The summed E-state index contributed by atoms with van der Waals surface area (Å²) >= 11 is 4.93. The predicted molar refractivity (Wildman–Crippen MR) is 82.3 cm³/mol. The first kappa shape index (κ1) is 15.5. The van der Waals surface area contributed by atoms with Crippen molar-refractivity contribution in [1.29, 1.82) is 0 Å². The van der Waals surface area contributed by atoms with Crippen molar-refractivity contribution in [2.75, 3.05) is 13.1 Å². The van der Waals surface area contributed by atoms with E-state index in [4.69, 9.17) is 5.11 Å². The molecule has 0 spiro atoms. The second-order valence-corrected chi connectivity index (χ2v) is 6.93. The van der Waals surface area contributed by atoms with E-state index in [-0.39, 0.29) is 12.3 Å². The van der Waals surface area contributed by atoms with E-state index in [1.165, 1.54) is 11.3 Å². The average molecular weight is 360 g/mol. The van der Waals surface area contributed by atoms with Gasteiger partial charge in [-0.3, -0.25) is 9.59 Å². The Kier molecular flexibility index (Phi) is 5.21. The number of hydrogen-bond donors (Lipinski definition) is 1. The monoisotopic (exact) mass is 359 g/mol. The molecule has 2 rings (SSSR count). The van der Waals surface area contributed by atoms with Gasteiger partial charge in [0.25, 0.3) is 5.91 Å². The summed E-state index contributed by atoms with van der Waals surface area (Å²) in [5, 5.41) is 10.7. The number of amides is 1. The molecule has 2 heterocycles. The predicted octanol–water partition coefficient (Wildman–Crippen LogP) is 3.54. The molecule has 6 heteroatoms. The molecule has 1 aliphatic rings. The van der Waals surface area contributed by atoms with Crippen LogP contribution < -0.4 is 0 Å². The fourth-order valence-corrected chi connectivity index (χ4v) is 4.15. The highest BCUT2D eigenvalue weighted by Crippen LogP contribution is 2.30. The highest BCUT2D eigenvalue weighted by Gasteiger charge is 2.27. The minimum Gasteiger partial charge on any atom is -0.481 e. The van der Waals surface area contributed by atoms with Gasteiger partial charge in [-0.15, -0.1) is 11.3 Å². The molecule has 1 aromatic rings. The summed E-state index contributed by atoms with van der Waals surface area (Å²) in [5.74, 6) is -0.385. The van der Waals surface area contributed by atoms with E-state index in [2.05, 4.69) is 15.9 Å². The first-order valence-electron chi connectivity index (χ1n) is 6.73. The number of likely N-dealkylation sites (tertiary alicyclic amines) is 1. The van der Waals surface area contributed by atoms with E-state index in [1.54, 1.807) is 0 Å². The van der Waals surface area contributed by atoms with E-state index >= 15 is 0 Å². The standard InChI is InChI=1S/C14H18BrNO3S/c1-9-8-20-13(12(9)15)14(19)16-6-2-3-10(7-16)4-5-11(17)18/h8,10H,2-7H2,1H3,(H,17,18). The highest BCUT2D eigenvalue weighted by atomic mass is 79.9. The lowest BCUT2D eigenvalue weighted by Gasteiger charge is -2.32. The lowest BCUT2D eigenvalue weighted by molar-refractivity contribution is -0.137. The van der Waals surface area contributed by atoms with Gasteiger partial charge in [0, 0.05) is 24.0 Å². The number of carbonyl (C=O) groups excluding carboxylic acids is 1. The van der Waals surface area contributed by atoms with Gasteiger partial charge in [-0.05, 0) is 59.0 Å². The molecule has 0 saturated carbocycles. The Hall–Kier alpha value is -0.880. The number of piperidine rings is 1. The van der Waals surface area contributed by atoms with Crippen LogP contribution in [0.15, 0.2) is 9.85 Å². The number of hydrogen-bond acceptors (Lipinski definition) is 3. The number of carboxylic acid groups (broad SMARTS) is 1. The first-order valence-corrected chi connectivity index (χ1v) is 8.41. The lowest BCUT2D eigenvalue weighted by atomic mass is 9.93. The number of carboxylic acids is 1. The van der Waals surface area contributed by atoms with Crippen LogP contribution in [0.3, 0.4) is 0 Å². The number of nitrogens with zero attached hydrogens (tertiary/aromatic N) is 1. The van der Waals surface area contributed by atoms with E-state index < -0.39 is 5.97 Å². The van der Waals surface area contributed by atoms with Crippen LogP contribution in [0.25, 0.3) is 0 Å². The topological polar surface area (TPSA) is 57.6 Å². The molecule has 1 N–H and O–H groups in total. The molecule has 4 nitrogen and oxygen atoms in total. The molecule has 1 atom stereocenters. The van der Waals surface area contributed by atoms with Crippen LogP contribution in [0.5, 0.6) is 0 Å². The van der Waals surface area contributed by atoms with Crippen LogP contribution in [0.2, 0.25) is 0 Å². The van der Waals surface area contributed by atoms with Gasteiger partial charge in [0.2, 0.25) is 0 Å². The van der Waals surface area contributed by atoms with Gasteiger partial charge in [0.15, 0.2) is 0 Å². The summed E-state index contributed by atoms with van der Waals surface area (Å²) in [6.07, 6.45) is 2.82. The quantitative estimate of drug-likeness (QED) is 0.894. The number of aryl methyl sites for hydroxylation is 1. The molecule has 1 amide bonds. The molecule has 110 valence electrons. The van der Waals surface area contributed by atoms with E-state index in [0.29, 0.717) is 18.9 Å². The summed E-state index contributed by atoms with van der Waals surface area (Å²) in [7, 11) is 0. The molecule has 0 aliphatic carbocycles. The van der Waals surface area contributed by atoms with Crippen molar-refractivity contribution in [2.45, 2.75) is 32.6 Å². The lowest BCUT2D eigenvalue weighted by Crippen LogP contribution is -2.39. The Morgan fingerprint density at radius 3 is 2.90 bits per heavy atom. The van der Waals surface area contributed by atoms with Crippen LogP contribution >= 0.6 is 27.3 Å². The average Bonchev–Trinajstić information content (AvgIpc) is 2.76. The van der Waals surface area contributed by atoms with Crippen LogP contribution in [-0.2, 0) is 4.79 Å². The van der Waals surface area contributed by atoms with Gasteiger partial charge in [-0.2, -0.15) is 0 Å². The van der Waals surface area contributed by atoms with Gasteiger partial charge < -0.3 is 10.0 Å². The molecule has 0 radical (unpaired) electrons. The normalized spacial score (nSPS) is 19.1. The maximum Gasteiger partial charge on any atom is 0.303 e. The van der Waals surface area contributed by atoms with Crippen LogP contribution in [0.1, 0.15) is 40.9 Å². The summed E-state index contributed by atoms with van der Waals surface area (Å²) in [4.78, 5) is 25.8. The SMILES string of the molecule is Cc1csc(C(=O)N2CCCC(CCC(=O)O)C2)c1Br. The number of aliphatic carboxylic acids is 1. The fourth-order valence-electron chi connectivity index (χ4n) is 2.53. The molecule has 1 unspecified atom stereocenters. The summed E-state index contributed by atoms with van der Waals surface area (Å²) in [5.41, 5.74) is 1.08. The van der Waals surface area contributed by atoms with E-state index in [9.17, 15) is 9.59 Å². The van der Waals surface area contributed by atoms with Gasteiger partial charge in [0.05, 0.1) is 0 Å². The third-order valence-corrected chi connectivity index (χ3v) is 6.04. The largest absolute Gasteiger partial charge is 0.481 e. The molecule has 0 bridgehead atoms. The van der Waals surface area contributed by atoms with Crippen molar-refractivity contribution in [3.8, 4) is 0 Å². The highest BCUT2D eigenvalue weighted by molar-refractivity contribution is 9.10. The van der Waals surface area contributed by atoms with Crippen molar-refractivity contribution in [2.24, 2.45) is 5.92 Å². The van der Waals surface area contributed by atoms with Crippen LogP contribution in [-0.4, -0.2) is 35.0 Å². The van der Waals surface area contributed by atoms with Crippen molar-refractivity contribution in [3.05, 3.63) is 20.3 Å². The van der Waals surface area contributed by atoms with Crippen molar-refractivity contribution in [1.82, 2.24) is 4.90 Å². The molecule has 1 saturated heterocycles. The van der Waals surface area contributed by atoms with Gasteiger partial charge in [-0.25, -0.2) is 0 Å². The molecule has 1 aromatic heterocycles. The Morgan fingerprint density at radius 2 is 2.30 bits per heavy atom. The molecular formula is C14H18BrNO3S. The van der Waals surface area contributed by atoms with Crippen molar-refractivity contribution >= 4 is 39.1 Å². The molecule has 1 aliphatic heterocycles. The van der Waals surface area contributed by atoms with E-state index in [0.717, 1.165) is 34.3 Å². The van der Waals surface area contributed by atoms with Gasteiger partial charge in [-0.1, -0.05) is 0 Å². The number of carbonyl (C=O) groups is 2. The maximum absolute atomic E-state index is 12.5. The molecule has 1 fully saturated rings. The van der Waals surface area contributed by atoms with E-state index in [1.807, 2.05) is 17.2 Å². The van der Waals surface area contributed by atoms with Gasteiger partial charge in [0.1, 0.15) is 4.88 Å². The zero-order chi connectivity index (χ0) is 14.7. The minimum atomic E-state index is -0.759. The maximum atomic E-state index is 12.5. The van der Waals surface area contributed by atoms with Gasteiger partial charge >= 0.3 is 5.97 Å². The fraction of sp³-hybridized carbons (Fsp3) is 0.571. The Labute approximate surface area is 130 Å². The van der Waals surface area contributed by atoms with Crippen molar-refractivity contribution in [3.63, 3.8) is 0 Å². The third-order valence-electron chi connectivity index (χ3n) is 3.67. The Bertz CT molecular complexity index is 515. The number of thiophene rings is 1. The second-order valence-electron chi connectivity index (χ2n) is 5.25. The number of rotatable bonds is 4.